The Labute approximate surface area is 163 Å². The van der Waals surface area contributed by atoms with Gasteiger partial charge in [-0.25, -0.2) is 4.98 Å². The summed E-state index contributed by atoms with van der Waals surface area (Å²) in [6.45, 7) is 3.43. The van der Waals surface area contributed by atoms with Gasteiger partial charge < -0.3 is 20.1 Å². The van der Waals surface area contributed by atoms with Crippen LogP contribution in [0.1, 0.15) is 23.0 Å². The average molecular weight is 378 g/mol. The molecular formula is C21H22N4O3. The van der Waals surface area contributed by atoms with Crippen molar-refractivity contribution in [2.24, 2.45) is 0 Å². The van der Waals surface area contributed by atoms with Gasteiger partial charge in [-0.05, 0) is 50.2 Å². The smallest absolute Gasteiger partial charge is 0.229 e. The molecule has 3 aromatic rings. The van der Waals surface area contributed by atoms with Crippen molar-refractivity contribution < 1.29 is 14.3 Å². The van der Waals surface area contributed by atoms with Gasteiger partial charge in [0.05, 0.1) is 14.2 Å². The number of hydrogen-bond donors (Lipinski definition) is 2. The van der Waals surface area contributed by atoms with Gasteiger partial charge in [-0.2, -0.15) is 4.98 Å². The lowest BCUT2D eigenvalue weighted by Gasteiger charge is -2.12. The maximum Gasteiger partial charge on any atom is 0.229 e. The summed E-state index contributed by atoms with van der Waals surface area (Å²) in [7, 11) is 3.19. The predicted octanol–water partition coefficient (Wildman–Crippen LogP) is 4.49. The first kappa shape index (κ1) is 19.2. The first-order valence-corrected chi connectivity index (χ1v) is 8.71. The van der Waals surface area contributed by atoms with E-state index in [9.17, 15) is 4.79 Å². The van der Waals surface area contributed by atoms with E-state index >= 15 is 0 Å². The van der Waals surface area contributed by atoms with E-state index in [-0.39, 0.29) is 5.78 Å². The molecule has 0 radical (unpaired) electrons. The van der Waals surface area contributed by atoms with Crippen molar-refractivity contribution in [2.45, 2.75) is 13.8 Å². The Kier molecular flexibility index (Phi) is 5.74. The molecule has 0 saturated carbocycles. The SMILES string of the molecule is COc1ccc(Nc2cc(C)nc(Nc3ccc(C(C)=O)cc3)n2)cc1OC. The second-order valence-corrected chi connectivity index (χ2v) is 6.17. The van der Waals surface area contributed by atoms with Crippen LogP contribution < -0.4 is 20.1 Å². The van der Waals surface area contributed by atoms with Gasteiger partial charge in [0.1, 0.15) is 5.82 Å². The summed E-state index contributed by atoms with van der Waals surface area (Å²) in [6.07, 6.45) is 0. The highest BCUT2D eigenvalue weighted by molar-refractivity contribution is 5.94. The first-order chi connectivity index (χ1) is 13.5. The molecule has 0 fully saturated rings. The van der Waals surface area contributed by atoms with Crippen LogP contribution in [0.15, 0.2) is 48.5 Å². The number of rotatable bonds is 7. The van der Waals surface area contributed by atoms with Gasteiger partial charge in [0.2, 0.25) is 5.95 Å². The summed E-state index contributed by atoms with van der Waals surface area (Å²) in [4.78, 5) is 20.3. The molecule has 0 aliphatic heterocycles. The van der Waals surface area contributed by atoms with Gasteiger partial charge in [0.15, 0.2) is 17.3 Å². The monoisotopic (exact) mass is 378 g/mol. The molecule has 0 aliphatic carbocycles. The summed E-state index contributed by atoms with van der Waals surface area (Å²) in [5, 5.41) is 6.41. The number of aryl methyl sites for hydroxylation is 1. The maximum atomic E-state index is 11.4. The van der Waals surface area contributed by atoms with E-state index in [4.69, 9.17) is 9.47 Å². The van der Waals surface area contributed by atoms with Crippen LogP contribution in [0.5, 0.6) is 11.5 Å². The van der Waals surface area contributed by atoms with Gasteiger partial charge in [0, 0.05) is 34.8 Å². The van der Waals surface area contributed by atoms with E-state index in [0.717, 1.165) is 17.1 Å². The van der Waals surface area contributed by atoms with E-state index in [1.165, 1.54) is 6.92 Å². The number of ether oxygens (including phenoxy) is 2. The highest BCUT2D eigenvalue weighted by Gasteiger charge is 2.08. The van der Waals surface area contributed by atoms with Crippen LogP contribution in [0.3, 0.4) is 0 Å². The van der Waals surface area contributed by atoms with E-state index < -0.39 is 0 Å². The lowest BCUT2D eigenvalue weighted by Crippen LogP contribution is -2.03. The predicted molar refractivity (Wildman–Crippen MR) is 109 cm³/mol. The van der Waals surface area contributed by atoms with E-state index in [0.29, 0.717) is 28.8 Å². The maximum absolute atomic E-state index is 11.4. The van der Waals surface area contributed by atoms with Gasteiger partial charge >= 0.3 is 0 Å². The van der Waals surface area contributed by atoms with Crippen LogP contribution >= 0.6 is 0 Å². The summed E-state index contributed by atoms with van der Waals surface area (Å²) < 4.78 is 10.6. The zero-order valence-electron chi connectivity index (χ0n) is 16.2. The Bertz CT molecular complexity index is 987. The van der Waals surface area contributed by atoms with Crippen molar-refractivity contribution in [3.63, 3.8) is 0 Å². The summed E-state index contributed by atoms with van der Waals surface area (Å²) in [6, 6.07) is 14.6. The largest absolute Gasteiger partial charge is 0.493 e. The minimum Gasteiger partial charge on any atom is -0.493 e. The number of carbonyl (C=O) groups excluding carboxylic acids is 1. The quantitative estimate of drug-likeness (QED) is 0.586. The minimum absolute atomic E-state index is 0.0276. The fourth-order valence-corrected chi connectivity index (χ4v) is 2.67. The minimum atomic E-state index is 0.0276. The molecule has 0 saturated heterocycles. The van der Waals surface area contributed by atoms with E-state index in [2.05, 4.69) is 20.6 Å². The molecule has 7 nitrogen and oxygen atoms in total. The summed E-state index contributed by atoms with van der Waals surface area (Å²) in [5.74, 6) is 2.41. The molecule has 2 aromatic carbocycles. The molecule has 0 aliphatic rings. The van der Waals surface area contributed by atoms with Crippen molar-refractivity contribution in [2.75, 3.05) is 24.9 Å². The number of benzene rings is 2. The molecule has 144 valence electrons. The molecule has 0 spiro atoms. The van der Waals surface area contributed by atoms with E-state index in [1.807, 2.05) is 43.3 Å². The first-order valence-electron chi connectivity index (χ1n) is 8.71. The number of Topliss-reactive ketones (excluding diaryl/α,β-unsaturated/α-hetero) is 1. The van der Waals surface area contributed by atoms with Crippen LogP contribution in [0, 0.1) is 6.92 Å². The second-order valence-electron chi connectivity index (χ2n) is 6.17. The van der Waals surface area contributed by atoms with Crippen LogP contribution in [0.25, 0.3) is 0 Å². The van der Waals surface area contributed by atoms with Crippen LogP contribution in [-0.4, -0.2) is 30.0 Å². The third-order valence-electron chi connectivity index (χ3n) is 4.06. The fraction of sp³-hybridized carbons (Fsp3) is 0.190. The Morgan fingerprint density at radius 3 is 2.18 bits per heavy atom. The zero-order valence-corrected chi connectivity index (χ0v) is 16.2. The molecule has 28 heavy (non-hydrogen) atoms. The molecule has 2 N–H and O–H groups in total. The molecule has 3 rings (SSSR count). The standard InChI is InChI=1S/C21H22N4O3/c1-13-11-20(23-17-9-10-18(27-3)19(12-17)28-4)25-21(22-13)24-16-7-5-15(6-8-16)14(2)26/h5-12H,1-4H3,(H2,22,23,24,25). The van der Waals surface area contributed by atoms with Crippen molar-refractivity contribution in [3.8, 4) is 11.5 Å². The van der Waals surface area contributed by atoms with Crippen molar-refractivity contribution in [3.05, 3.63) is 59.8 Å². The van der Waals surface area contributed by atoms with Crippen LogP contribution in [0.2, 0.25) is 0 Å². The van der Waals surface area contributed by atoms with E-state index in [1.54, 1.807) is 26.4 Å². The summed E-state index contributed by atoms with van der Waals surface area (Å²) in [5.41, 5.74) is 3.08. The lowest BCUT2D eigenvalue weighted by atomic mass is 10.1. The van der Waals surface area contributed by atoms with Gasteiger partial charge in [0.25, 0.3) is 0 Å². The summed E-state index contributed by atoms with van der Waals surface area (Å²) >= 11 is 0. The Morgan fingerprint density at radius 1 is 0.857 bits per heavy atom. The number of nitrogens with zero attached hydrogens (tertiary/aromatic N) is 2. The van der Waals surface area contributed by atoms with Crippen molar-refractivity contribution in [1.29, 1.82) is 0 Å². The molecule has 0 amide bonds. The molecule has 1 aromatic heterocycles. The normalized spacial score (nSPS) is 10.3. The number of anilines is 4. The van der Waals surface area contributed by atoms with Crippen LogP contribution in [0.4, 0.5) is 23.1 Å². The van der Waals surface area contributed by atoms with Crippen molar-refractivity contribution in [1.82, 2.24) is 9.97 Å². The van der Waals surface area contributed by atoms with Gasteiger partial charge in [-0.15, -0.1) is 0 Å². The molecule has 0 atom stereocenters. The Hall–Kier alpha value is -3.61. The molecular weight excluding hydrogens is 356 g/mol. The molecule has 1 heterocycles. The fourth-order valence-electron chi connectivity index (χ4n) is 2.67. The topological polar surface area (TPSA) is 85.4 Å². The molecule has 7 heteroatoms. The number of hydrogen-bond acceptors (Lipinski definition) is 7. The van der Waals surface area contributed by atoms with Gasteiger partial charge in [-0.3, -0.25) is 4.79 Å². The highest BCUT2D eigenvalue weighted by atomic mass is 16.5. The second kappa shape index (κ2) is 8.39. The van der Waals surface area contributed by atoms with Gasteiger partial charge in [-0.1, -0.05) is 0 Å². The lowest BCUT2D eigenvalue weighted by molar-refractivity contribution is 0.101. The van der Waals surface area contributed by atoms with Crippen molar-refractivity contribution >= 4 is 28.9 Å². The number of aromatic nitrogens is 2. The zero-order chi connectivity index (χ0) is 20.1. The molecule has 0 unspecified atom stereocenters. The average Bonchev–Trinajstić information content (AvgIpc) is 2.67. The number of ketones is 1. The number of carbonyl (C=O) groups is 1. The number of methoxy groups -OCH3 is 2. The third kappa shape index (κ3) is 4.56. The third-order valence-corrected chi connectivity index (χ3v) is 4.06. The highest BCUT2D eigenvalue weighted by Crippen LogP contribution is 2.31. The molecule has 0 bridgehead atoms. The van der Waals surface area contributed by atoms with Crippen LogP contribution in [-0.2, 0) is 0 Å². The Morgan fingerprint density at radius 2 is 1.54 bits per heavy atom. The Balaban J connectivity index is 1.80. The number of nitrogens with one attached hydrogen (secondary N) is 2.